The van der Waals surface area contributed by atoms with Crippen LogP contribution in [0.15, 0.2) is 18.2 Å². The molecular formula is C12H17F2NOS. The number of nitrogens with one attached hydrogen (secondary N) is 1. The molecule has 17 heavy (non-hydrogen) atoms. The summed E-state index contributed by atoms with van der Waals surface area (Å²) in [6, 6.07) is 3.79. The average Bonchev–Trinajstić information content (AvgIpc) is 2.20. The van der Waals surface area contributed by atoms with Crippen LogP contribution in [0.5, 0.6) is 0 Å². The summed E-state index contributed by atoms with van der Waals surface area (Å²) in [5, 5.41) is 3.10. The summed E-state index contributed by atoms with van der Waals surface area (Å²) in [6.45, 7) is 3.63. The molecule has 1 rings (SSSR count). The average molecular weight is 261 g/mol. The zero-order valence-corrected chi connectivity index (χ0v) is 11.0. The summed E-state index contributed by atoms with van der Waals surface area (Å²) in [4.78, 5) is 0. The van der Waals surface area contributed by atoms with Gasteiger partial charge in [-0.2, -0.15) is 0 Å². The Hall–Kier alpha value is -0.810. The van der Waals surface area contributed by atoms with E-state index in [2.05, 4.69) is 5.32 Å². The Morgan fingerprint density at radius 1 is 1.35 bits per heavy atom. The van der Waals surface area contributed by atoms with E-state index in [-0.39, 0.29) is 12.1 Å². The van der Waals surface area contributed by atoms with Crippen molar-refractivity contribution in [2.24, 2.45) is 0 Å². The third-order valence-electron chi connectivity index (χ3n) is 2.47. The lowest BCUT2D eigenvalue weighted by Crippen LogP contribution is -2.33. The highest BCUT2D eigenvalue weighted by atomic mass is 32.2. The second-order valence-electron chi connectivity index (χ2n) is 4.17. The van der Waals surface area contributed by atoms with Gasteiger partial charge >= 0.3 is 0 Å². The van der Waals surface area contributed by atoms with Gasteiger partial charge in [-0.1, -0.05) is 12.1 Å². The van der Waals surface area contributed by atoms with Crippen molar-refractivity contribution in [1.82, 2.24) is 5.32 Å². The predicted octanol–water partition coefficient (Wildman–Crippen LogP) is 2.38. The molecule has 96 valence electrons. The van der Waals surface area contributed by atoms with Gasteiger partial charge in [0.2, 0.25) is 0 Å². The van der Waals surface area contributed by atoms with Crippen molar-refractivity contribution < 1.29 is 13.0 Å². The highest BCUT2D eigenvalue weighted by Gasteiger charge is 2.16. The molecule has 5 heteroatoms. The van der Waals surface area contributed by atoms with E-state index in [4.69, 9.17) is 0 Å². The molecule has 0 fully saturated rings. The first-order valence-corrected chi connectivity index (χ1v) is 7.14. The molecule has 3 unspecified atom stereocenters. The van der Waals surface area contributed by atoms with Gasteiger partial charge in [0.15, 0.2) is 11.6 Å². The maximum absolute atomic E-state index is 13.5. The highest BCUT2D eigenvalue weighted by Crippen LogP contribution is 2.19. The second-order valence-corrected chi connectivity index (χ2v) is 5.65. The van der Waals surface area contributed by atoms with E-state index in [0.29, 0.717) is 11.3 Å². The largest absolute Gasteiger partial charge is 0.307 e. The molecule has 0 aliphatic rings. The van der Waals surface area contributed by atoms with Crippen molar-refractivity contribution in [1.29, 1.82) is 0 Å². The molecular weight excluding hydrogens is 244 g/mol. The first-order valence-electron chi connectivity index (χ1n) is 5.41. The highest BCUT2D eigenvalue weighted by molar-refractivity contribution is 7.84. The Bertz CT molecular complexity index is 411. The van der Waals surface area contributed by atoms with Gasteiger partial charge in [0.1, 0.15) is 0 Å². The molecule has 1 N–H and O–H groups in total. The van der Waals surface area contributed by atoms with Crippen LogP contribution in [0, 0.1) is 11.6 Å². The van der Waals surface area contributed by atoms with Crippen LogP contribution in [-0.2, 0) is 10.8 Å². The molecule has 0 amide bonds. The van der Waals surface area contributed by atoms with Crippen molar-refractivity contribution >= 4 is 10.8 Å². The van der Waals surface area contributed by atoms with Crippen LogP contribution in [0.4, 0.5) is 8.78 Å². The van der Waals surface area contributed by atoms with E-state index in [1.54, 1.807) is 19.2 Å². The quantitative estimate of drug-likeness (QED) is 0.881. The molecule has 0 aliphatic carbocycles. The van der Waals surface area contributed by atoms with E-state index in [1.807, 2.05) is 6.92 Å². The topological polar surface area (TPSA) is 29.1 Å². The zero-order valence-electron chi connectivity index (χ0n) is 10.2. The van der Waals surface area contributed by atoms with Crippen molar-refractivity contribution in [3.63, 3.8) is 0 Å². The summed E-state index contributed by atoms with van der Waals surface area (Å²) in [6.07, 6.45) is 1.62. The standard InChI is InChI=1S/C12H17F2NOS/c1-8(7-17(3)16)15-9(2)10-5-4-6-11(13)12(10)14/h4-6,8-9,15H,7H2,1-3H3. The molecule has 2 nitrogen and oxygen atoms in total. The maximum Gasteiger partial charge on any atom is 0.163 e. The lowest BCUT2D eigenvalue weighted by molar-refractivity contribution is 0.455. The van der Waals surface area contributed by atoms with Gasteiger partial charge in [-0.3, -0.25) is 4.21 Å². The van der Waals surface area contributed by atoms with Crippen LogP contribution in [-0.4, -0.2) is 22.3 Å². The zero-order chi connectivity index (χ0) is 13.0. The Morgan fingerprint density at radius 3 is 2.59 bits per heavy atom. The lowest BCUT2D eigenvalue weighted by Gasteiger charge is -2.20. The van der Waals surface area contributed by atoms with Crippen LogP contribution in [0.2, 0.25) is 0 Å². The van der Waals surface area contributed by atoms with Crippen molar-refractivity contribution in [3.8, 4) is 0 Å². The van der Waals surface area contributed by atoms with Gasteiger partial charge in [-0.15, -0.1) is 0 Å². The van der Waals surface area contributed by atoms with Crippen molar-refractivity contribution in [3.05, 3.63) is 35.4 Å². The third kappa shape index (κ3) is 4.16. The fraction of sp³-hybridized carbons (Fsp3) is 0.500. The molecule has 0 saturated heterocycles. The van der Waals surface area contributed by atoms with Crippen LogP contribution in [0.3, 0.4) is 0 Å². The molecule has 0 heterocycles. The van der Waals surface area contributed by atoms with E-state index in [0.717, 1.165) is 6.07 Å². The fourth-order valence-corrected chi connectivity index (χ4v) is 2.57. The van der Waals surface area contributed by atoms with Crippen molar-refractivity contribution in [2.45, 2.75) is 25.9 Å². The first-order chi connectivity index (χ1) is 7.91. The van der Waals surface area contributed by atoms with E-state index in [9.17, 15) is 13.0 Å². The third-order valence-corrected chi connectivity index (χ3v) is 3.44. The van der Waals surface area contributed by atoms with Crippen LogP contribution < -0.4 is 5.32 Å². The Labute approximate surface area is 103 Å². The molecule has 0 radical (unpaired) electrons. The summed E-state index contributed by atoms with van der Waals surface area (Å²) in [5.41, 5.74) is 0.290. The van der Waals surface area contributed by atoms with Gasteiger partial charge in [0.05, 0.1) is 0 Å². The van der Waals surface area contributed by atoms with Crippen molar-refractivity contribution in [2.75, 3.05) is 12.0 Å². The first kappa shape index (κ1) is 14.3. The van der Waals surface area contributed by atoms with Gasteiger partial charge in [0.25, 0.3) is 0 Å². The predicted molar refractivity (Wildman–Crippen MR) is 66.3 cm³/mol. The minimum Gasteiger partial charge on any atom is -0.307 e. The maximum atomic E-state index is 13.5. The Morgan fingerprint density at radius 2 is 2.00 bits per heavy atom. The molecule has 0 saturated carbocycles. The molecule has 0 bridgehead atoms. The Balaban J connectivity index is 2.73. The molecule has 0 spiro atoms. The minimum absolute atomic E-state index is 0.0153. The van der Waals surface area contributed by atoms with E-state index < -0.39 is 22.4 Å². The SMILES string of the molecule is CC(CS(C)=O)NC(C)c1cccc(F)c1F. The van der Waals surface area contributed by atoms with Crippen LogP contribution in [0.25, 0.3) is 0 Å². The number of benzene rings is 1. The van der Waals surface area contributed by atoms with E-state index in [1.165, 1.54) is 6.07 Å². The fourth-order valence-electron chi connectivity index (χ4n) is 1.77. The summed E-state index contributed by atoms with van der Waals surface area (Å²) in [5.74, 6) is -1.18. The molecule has 1 aromatic rings. The smallest absolute Gasteiger partial charge is 0.163 e. The van der Waals surface area contributed by atoms with Crippen LogP contribution >= 0.6 is 0 Å². The number of hydrogen-bond donors (Lipinski definition) is 1. The monoisotopic (exact) mass is 261 g/mol. The summed E-state index contributed by atoms with van der Waals surface area (Å²) < 4.78 is 37.6. The normalized spacial score (nSPS) is 16.5. The number of halogens is 2. The second kappa shape index (κ2) is 6.21. The summed E-state index contributed by atoms with van der Waals surface area (Å²) in [7, 11) is -0.909. The van der Waals surface area contributed by atoms with Gasteiger partial charge in [0, 0.05) is 40.5 Å². The molecule has 1 aromatic carbocycles. The van der Waals surface area contributed by atoms with E-state index >= 15 is 0 Å². The lowest BCUT2D eigenvalue weighted by atomic mass is 10.1. The van der Waals surface area contributed by atoms with Gasteiger partial charge < -0.3 is 5.32 Å². The van der Waals surface area contributed by atoms with Gasteiger partial charge in [-0.05, 0) is 19.9 Å². The molecule has 0 aromatic heterocycles. The molecule has 0 aliphatic heterocycles. The van der Waals surface area contributed by atoms with Gasteiger partial charge in [-0.25, -0.2) is 8.78 Å². The Kier molecular flexibility index (Phi) is 5.21. The molecule has 3 atom stereocenters. The minimum atomic E-state index is -0.909. The van der Waals surface area contributed by atoms with Crippen LogP contribution in [0.1, 0.15) is 25.5 Å². The summed E-state index contributed by atoms with van der Waals surface area (Å²) >= 11 is 0. The number of hydrogen-bond acceptors (Lipinski definition) is 2. The number of rotatable bonds is 5.